The monoisotopic (exact) mass is 433 g/mol. The highest BCUT2D eigenvalue weighted by molar-refractivity contribution is 7.15. The zero-order valence-electron chi connectivity index (χ0n) is 16.0. The van der Waals surface area contributed by atoms with Gasteiger partial charge in [-0.3, -0.25) is 4.79 Å². The third kappa shape index (κ3) is 4.59. The number of aryl methyl sites for hydroxylation is 1. The van der Waals surface area contributed by atoms with E-state index in [1.165, 1.54) is 11.3 Å². The van der Waals surface area contributed by atoms with Gasteiger partial charge in [0.2, 0.25) is 11.9 Å². The van der Waals surface area contributed by atoms with Crippen molar-refractivity contribution >= 4 is 28.9 Å². The molecule has 30 heavy (non-hydrogen) atoms. The second-order valence-corrected chi connectivity index (χ2v) is 8.13. The molecule has 2 aromatic heterocycles. The molecule has 0 atom stereocenters. The van der Waals surface area contributed by atoms with Crippen LogP contribution in [-0.2, 0) is 17.5 Å². The average Bonchev–Trinajstić information content (AvgIpc) is 3.31. The number of alkyl halides is 3. The van der Waals surface area contributed by atoms with Gasteiger partial charge in [0.1, 0.15) is 10.7 Å². The summed E-state index contributed by atoms with van der Waals surface area (Å²) >= 11 is 1.49. The number of nitrogens with zero attached hydrogens (tertiary/aromatic N) is 4. The lowest BCUT2D eigenvalue weighted by atomic mass is 10.1. The molecule has 1 N–H and O–H groups in total. The topological polar surface area (TPSA) is 71.0 Å². The largest absolute Gasteiger partial charge is 0.433 e. The molecule has 6 nitrogen and oxygen atoms in total. The van der Waals surface area contributed by atoms with Crippen LogP contribution in [0.4, 0.5) is 24.8 Å². The molecule has 4 rings (SSSR count). The van der Waals surface area contributed by atoms with Crippen LogP contribution in [0.2, 0.25) is 0 Å². The van der Waals surface area contributed by atoms with Gasteiger partial charge in [0.05, 0.1) is 11.4 Å². The van der Waals surface area contributed by atoms with Gasteiger partial charge in [-0.1, -0.05) is 6.07 Å². The summed E-state index contributed by atoms with van der Waals surface area (Å²) in [4.78, 5) is 26.4. The minimum atomic E-state index is -4.53. The molecule has 0 aliphatic carbocycles. The number of benzene rings is 1. The number of carbonyl (C=O) groups is 1. The molecule has 3 aromatic rings. The van der Waals surface area contributed by atoms with E-state index < -0.39 is 11.9 Å². The quantitative estimate of drug-likeness (QED) is 0.626. The first-order chi connectivity index (χ1) is 14.3. The maximum absolute atomic E-state index is 12.9. The third-order valence-electron chi connectivity index (χ3n) is 4.62. The summed E-state index contributed by atoms with van der Waals surface area (Å²) in [5.74, 6) is 0.0220. The second-order valence-electron chi connectivity index (χ2n) is 7.01. The third-order valence-corrected chi connectivity index (χ3v) is 5.65. The predicted octanol–water partition coefficient (Wildman–Crippen LogP) is 4.79. The van der Waals surface area contributed by atoms with Crippen molar-refractivity contribution in [3.05, 3.63) is 52.9 Å². The van der Waals surface area contributed by atoms with Gasteiger partial charge in [-0.2, -0.15) is 13.2 Å². The van der Waals surface area contributed by atoms with Crippen LogP contribution in [0.25, 0.3) is 10.4 Å². The average molecular weight is 433 g/mol. The Bertz CT molecular complexity index is 1080. The lowest BCUT2D eigenvalue weighted by molar-refractivity contribution is -0.141. The van der Waals surface area contributed by atoms with E-state index in [1.807, 2.05) is 19.1 Å². The molecule has 156 valence electrons. The van der Waals surface area contributed by atoms with E-state index in [0.717, 1.165) is 46.2 Å². The number of thiazole rings is 1. The molecule has 1 fully saturated rings. The van der Waals surface area contributed by atoms with E-state index >= 15 is 0 Å². The summed E-state index contributed by atoms with van der Waals surface area (Å²) in [6.45, 7) is 3.15. The Morgan fingerprint density at radius 1 is 1.23 bits per heavy atom. The predicted molar refractivity (Wildman–Crippen MR) is 107 cm³/mol. The molecule has 3 heterocycles. The molecule has 0 unspecified atom stereocenters. The molecular formula is C20H18F3N5OS. The first kappa shape index (κ1) is 20.3. The van der Waals surface area contributed by atoms with Crippen LogP contribution >= 0.6 is 11.3 Å². The molecule has 10 heteroatoms. The first-order valence-electron chi connectivity index (χ1n) is 9.30. The maximum atomic E-state index is 12.9. The zero-order chi connectivity index (χ0) is 21.3. The second kappa shape index (κ2) is 8.02. The van der Waals surface area contributed by atoms with Crippen LogP contribution in [0.1, 0.15) is 29.1 Å². The molecule has 1 aliphatic heterocycles. The molecule has 0 bridgehead atoms. The summed E-state index contributed by atoms with van der Waals surface area (Å²) in [7, 11) is 0. The van der Waals surface area contributed by atoms with Crippen molar-refractivity contribution in [3.63, 3.8) is 0 Å². The van der Waals surface area contributed by atoms with Gasteiger partial charge in [-0.05, 0) is 42.7 Å². The number of likely N-dealkylation sites (tertiary alicyclic amines) is 1. The van der Waals surface area contributed by atoms with Crippen LogP contribution in [0, 0.1) is 6.92 Å². The zero-order valence-corrected chi connectivity index (χ0v) is 16.8. The fraction of sp³-hybridized carbons (Fsp3) is 0.300. The molecule has 1 aromatic carbocycles. The van der Waals surface area contributed by atoms with Gasteiger partial charge in [0.25, 0.3) is 0 Å². The summed E-state index contributed by atoms with van der Waals surface area (Å²) in [5, 5.41) is 3.69. The van der Waals surface area contributed by atoms with Crippen LogP contribution in [-0.4, -0.2) is 32.3 Å². The SMILES string of the molecule is Cc1cc(Nc2nccc(C(F)(F)F)n2)cc(-c2cnc(CN3CCCC3=O)s2)c1. The Balaban J connectivity index is 1.55. The standard InChI is InChI=1S/C20H18F3N5OS/c1-12-7-13(15-10-25-17(30-15)11-28-6-2-3-18(28)29)9-14(8-12)26-19-24-5-4-16(27-19)20(21,22)23/h4-5,7-10H,2-3,6,11H2,1H3,(H,24,26,27). The lowest BCUT2D eigenvalue weighted by Gasteiger charge is -2.12. The molecule has 1 aliphatic rings. The number of nitrogens with one attached hydrogen (secondary N) is 1. The Hall–Kier alpha value is -3.01. The van der Waals surface area contributed by atoms with Crippen molar-refractivity contribution in [1.82, 2.24) is 19.9 Å². The fourth-order valence-electron chi connectivity index (χ4n) is 3.25. The van der Waals surface area contributed by atoms with Crippen molar-refractivity contribution in [2.45, 2.75) is 32.5 Å². The molecule has 0 spiro atoms. The van der Waals surface area contributed by atoms with Crippen LogP contribution in [0.15, 0.2) is 36.7 Å². The van der Waals surface area contributed by atoms with Crippen molar-refractivity contribution in [3.8, 4) is 10.4 Å². The van der Waals surface area contributed by atoms with Crippen LogP contribution < -0.4 is 5.32 Å². The summed E-state index contributed by atoms with van der Waals surface area (Å²) in [6.07, 6.45) is -0.249. The van der Waals surface area contributed by atoms with Crippen molar-refractivity contribution < 1.29 is 18.0 Å². The normalized spacial score (nSPS) is 14.4. The summed E-state index contributed by atoms with van der Waals surface area (Å²) in [5.41, 5.74) is 1.37. The van der Waals surface area contributed by atoms with Gasteiger partial charge in [-0.25, -0.2) is 15.0 Å². The number of aromatic nitrogens is 3. The molecular weight excluding hydrogens is 415 g/mol. The lowest BCUT2D eigenvalue weighted by Crippen LogP contribution is -2.23. The Kier molecular flexibility index (Phi) is 5.42. The van der Waals surface area contributed by atoms with Crippen LogP contribution in [0.3, 0.4) is 0 Å². The van der Waals surface area contributed by atoms with Crippen molar-refractivity contribution in [1.29, 1.82) is 0 Å². The van der Waals surface area contributed by atoms with E-state index in [-0.39, 0.29) is 11.9 Å². The minimum absolute atomic E-state index is 0.126. The highest BCUT2D eigenvalue weighted by Gasteiger charge is 2.32. The van der Waals surface area contributed by atoms with Crippen molar-refractivity contribution in [2.75, 3.05) is 11.9 Å². The first-order valence-corrected chi connectivity index (χ1v) is 10.1. The van der Waals surface area contributed by atoms with E-state index in [9.17, 15) is 18.0 Å². The highest BCUT2D eigenvalue weighted by atomic mass is 32.1. The Morgan fingerprint density at radius 3 is 2.80 bits per heavy atom. The van der Waals surface area contributed by atoms with E-state index in [4.69, 9.17) is 0 Å². The number of carbonyl (C=O) groups excluding carboxylic acids is 1. The van der Waals surface area contributed by atoms with Crippen molar-refractivity contribution in [2.24, 2.45) is 0 Å². The fourth-order valence-corrected chi connectivity index (χ4v) is 4.18. The summed E-state index contributed by atoms with van der Waals surface area (Å²) in [6, 6.07) is 6.42. The van der Waals surface area contributed by atoms with Gasteiger partial charge in [-0.15, -0.1) is 11.3 Å². The number of amides is 1. The molecule has 0 radical (unpaired) electrons. The number of halogens is 3. The molecule has 1 saturated heterocycles. The van der Waals surface area contributed by atoms with E-state index in [1.54, 1.807) is 17.2 Å². The van der Waals surface area contributed by atoms with Gasteiger partial charge in [0, 0.05) is 31.0 Å². The molecule has 0 saturated carbocycles. The molecule has 1 amide bonds. The number of hydrogen-bond acceptors (Lipinski definition) is 6. The Morgan fingerprint density at radius 2 is 2.07 bits per heavy atom. The van der Waals surface area contributed by atoms with Crippen LogP contribution in [0.5, 0.6) is 0 Å². The van der Waals surface area contributed by atoms with Gasteiger partial charge in [0.15, 0.2) is 0 Å². The van der Waals surface area contributed by atoms with E-state index in [2.05, 4.69) is 20.3 Å². The highest BCUT2D eigenvalue weighted by Crippen LogP contribution is 2.32. The number of rotatable bonds is 5. The number of anilines is 2. The van der Waals surface area contributed by atoms with E-state index in [0.29, 0.717) is 18.7 Å². The minimum Gasteiger partial charge on any atom is -0.336 e. The van der Waals surface area contributed by atoms with Gasteiger partial charge < -0.3 is 10.2 Å². The maximum Gasteiger partial charge on any atom is 0.433 e. The number of hydrogen-bond donors (Lipinski definition) is 1. The van der Waals surface area contributed by atoms with Gasteiger partial charge >= 0.3 is 6.18 Å². The smallest absolute Gasteiger partial charge is 0.336 e. The summed E-state index contributed by atoms with van der Waals surface area (Å²) < 4.78 is 38.6. The Labute approximate surface area is 174 Å².